The van der Waals surface area contributed by atoms with Crippen LogP contribution in [-0.2, 0) is 6.61 Å². The van der Waals surface area contributed by atoms with Crippen LogP contribution in [0.1, 0.15) is 170 Å². The fraction of sp³-hybridized carbons (Fsp3) is 0.455. The summed E-state index contributed by atoms with van der Waals surface area (Å²) in [6, 6.07) is 29.2. The largest absolute Gasteiger partial charge is 0.494 e. The second-order valence-electron chi connectivity index (χ2n) is 15.8. The predicted octanol–water partition coefficient (Wildman–Crippen LogP) is 16.5. The van der Waals surface area contributed by atoms with Gasteiger partial charge in [0.05, 0.1) is 19.8 Å². The van der Waals surface area contributed by atoms with E-state index in [0.29, 0.717) is 19.8 Å². The third-order valence-electron chi connectivity index (χ3n) is 10.7. The van der Waals surface area contributed by atoms with Crippen LogP contribution in [-0.4, -0.2) is 19.8 Å². The van der Waals surface area contributed by atoms with Crippen molar-refractivity contribution in [2.24, 2.45) is 0 Å². The molecule has 4 nitrogen and oxygen atoms in total. The summed E-state index contributed by atoms with van der Waals surface area (Å²) in [6.45, 7) is 13.3. The Balaban J connectivity index is 1.42. The van der Waals surface area contributed by atoms with Gasteiger partial charge in [0.15, 0.2) is 0 Å². The molecule has 0 unspecified atom stereocenters. The van der Waals surface area contributed by atoms with E-state index in [1.807, 2.05) is 18.2 Å². The number of hydrogen-bond acceptors (Lipinski definition) is 4. The van der Waals surface area contributed by atoms with Crippen LogP contribution in [0.4, 0.5) is 0 Å². The van der Waals surface area contributed by atoms with Gasteiger partial charge < -0.3 is 18.9 Å². The van der Waals surface area contributed by atoms with Crippen LogP contribution in [0.15, 0.2) is 91.5 Å². The predicted molar refractivity (Wildman–Crippen MR) is 255 cm³/mol. The normalized spacial score (nSPS) is 11.4. The Morgan fingerprint density at radius 3 is 1.20 bits per heavy atom. The maximum absolute atomic E-state index is 6.51. The molecule has 0 aliphatic rings. The monoisotopic (exact) mass is 799 g/mol. The Morgan fingerprint density at radius 1 is 0.390 bits per heavy atom. The highest BCUT2D eigenvalue weighted by molar-refractivity contribution is 5.79. The molecule has 4 heteroatoms. The molecule has 4 aromatic rings. The van der Waals surface area contributed by atoms with Gasteiger partial charge in [-0.15, -0.1) is 0 Å². The standard InChI is InChI=1S/C55H74O4/c1-5-9-12-15-16-17-18-19-20-23-40-56-52-36-30-47(31-37-52)28-34-50-43-55(58-42-22-14-11-7-3)51(44-54(50)57-41-21-13-10-6-2)35-29-48-32-38-53(39-33-48)59-45-49-26-24-46(8-4)25-27-49/h8,24-39,43-44H,4-7,9-23,40-42,45H2,1-3H3/b34-28+,35-29+. The summed E-state index contributed by atoms with van der Waals surface area (Å²) < 4.78 is 25.2. The van der Waals surface area contributed by atoms with Crippen molar-refractivity contribution < 1.29 is 18.9 Å². The molecule has 0 atom stereocenters. The van der Waals surface area contributed by atoms with Gasteiger partial charge in [-0.05, 0) is 77.9 Å². The first-order valence-corrected chi connectivity index (χ1v) is 23.1. The van der Waals surface area contributed by atoms with Gasteiger partial charge in [0, 0.05) is 11.1 Å². The van der Waals surface area contributed by atoms with E-state index in [2.05, 4.69) is 124 Å². The van der Waals surface area contributed by atoms with Crippen molar-refractivity contribution in [2.75, 3.05) is 19.8 Å². The number of benzene rings is 4. The van der Waals surface area contributed by atoms with Gasteiger partial charge in [-0.2, -0.15) is 0 Å². The first kappa shape index (κ1) is 47.0. The van der Waals surface area contributed by atoms with E-state index in [9.17, 15) is 0 Å². The van der Waals surface area contributed by atoms with Gasteiger partial charge in [0.1, 0.15) is 29.6 Å². The van der Waals surface area contributed by atoms with E-state index in [1.54, 1.807) is 0 Å². The first-order chi connectivity index (χ1) is 29.1. The lowest BCUT2D eigenvalue weighted by Crippen LogP contribution is -2.03. The SMILES string of the molecule is C=Cc1ccc(COc2ccc(/C=C/c3cc(OCCCCCC)c(/C=C/c4ccc(OCCCCCCCCCCCC)cc4)cc3OCCCCCC)cc2)cc1. The van der Waals surface area contributed by atoms with Gasteiger partial charge in [-0.1, -0.05) is 203 Å². The third kappa shape index (κ3) is 19.3. The second-order valence-corrected chi connectivity index (χ2v) is 15.8. The summed E-state index contributed by atoms with van der Waals surface area (Å²) in [6.07, 6.45) is 33.0. The average Bonchev–Trinajstić information content (AvgIpc) is 3.27. The zero-order valence-electron chi connectivity index (χ0n) is 36.9. The van der Waals surface area contributed by atoms with Crippen molar-refractivity contribution in [2.45, 2.75) is 143 Å². The van der Waals surface area contributed by atoms with Crippen LogP contribution in [0.2, 0.25) is 0 Å². The molecule has 0 aliphatic heterocycles. The second kappa shape index (κ2) is 29.5. The minimum atomic E-state index is 0.521. The fourth-order valence-electron chi connectivity index (χ4n) is 6.94. The van der Waals surface area contributed by atoms with E-state index < -0.39 is 0 Å². The fourth-order valence-corrected chi connectivity index (χ4v) is 6.94. The zero-order valence-corrected chi connectivity index (χ0v) is 36.9. The Morgan fingerprint density at radius 2 is 0.763 bits per heavy atom. The lowest BCUT2D eigenvalue weighted by molar-refractivity contribution is 0.296. The molecule has 59 heavy (non-hydrogen) atoms. The molecule has 0 fully saturated rings. The average molecular weight is 799 g/mol. The van der Waals surface area contributed by atoms with Gasteiger partial charge in [0.25, 0.3) is 0 Å². The summed E-state index contributed by atoms with van der Waals surface area (Å²) in [4.78, 5) is 0. The molecule has 0 N–H and O–H groups in total. The van der Waals surface area contributed by atoms with E-state index in [4.69, 9.17) is 18.9 Å². The summed E-state index contributed by atoms with van der Waals surface area (Å²) in [7, 11) is 0. The molecule has 4 rings (SSSR count). The van der Waals surface area contributed by atoms with E-state index >= 15 is 0 Å². The van der Waals surface area contributed by atoms with Crippen molar-refractivity contribution in [3.05, 3.63) is 125 Å². The molecule has 0 heterocycles. The third-order valence-corrected chi connectivity index (χ3v) is 10.7. The van der Waals surface area contributed by atoms with Crippen LogP contribution >= 0.6 is 0 Å². The summed E-state index contributed by atoms with van der Waals surface area (Å²) in [5.41, 5.74) is 6.46. The summed E-state index contributed by atoms with van der Waals surface area (Å²) >= 11 is 0. The molecule has 318 valence electrons. The minimum Gasteiger partial charge on any atom is -0.494 e. The lowest BCUT2D eigenvalue weighted by atomic mass is 10.0. The number of ether oxygens (including phenoxy) is 4. The Hall–Kier alpha value is -4.70. The van der Waals surface area contributed by atoms with Gasteiger partial charge in [-0.25, -0.2) is 0 Å². The van der Waals surface area contributed by atoms with Crippen molar-refractivity contribution in [1.82, 2.24) is 0 Å². The van der Waals surface area contributed by atoms with Crippen LogP contribution < -0.4 is 18.9 Å². The molecule has 0 bridgehead atoms. The maximum atomic E-state index is 6.51. The highest BCUT2D eigenvalue weighted by Gasteiger charge is 2.11. The van der Waals surface area contributed by atoms with Crippen LogP contribution in [0.3, 0.4) is 0 Å². The molecule has 0 saturated carbocycles. The van der Waals surface area contributed by atoms with Crippen molar-refractivity contribution in [1.29, 1.82) is 0 Å². The maximum Gasteiger partial charge on any atom is 0.127 e. The van der Waals surface area contributed by atoms with Crippen LogP contribution in [0.25, 0.3) is 30.4 Å². The van der Waals surface area contributed by atoms with E-state index in [-0.39, 0.29) is 0 Å². The topological polar surface area (TPSA) is 36.9 Å². The molecule has 0 radical (unpaired) electrons. The smallest absolute Gasteiger partial charge is 0.127 e. The molecule has 4 aromatic carbocycles. The van der Waals surface area contributed by atoms with Crippen LogP contribution in [0, 0.1) is 0 Å². The van der Waals surface area contributed by atoms with Gasteiger partial charge in [-0.3, -0.25) is 0 Å². The van der Waals surface area contributed by atoms with Gasteiger partial charge >= 0.3 is 0 Å². The lowest BCUT2D eigenvalue weighted by Gasteiger charge is -2.15. The Bertz CT molecular complexity index is 1750. The summed E-state index contributed by atoms with van der Waals surface area (Å²) in [5, 5.41) is 0. The molecule has 0 aliphatic carbocycles. The molecular weight excluding hydrogens is 725 g/mol. The van der Waals surface area contributed by atoms with Gasteiger partial charge in [0.2, 0.25) is 0 Å². The van der Waals surface area contributed by atoms with E-state index in [0.717, 1.165) is 82.2 Å². The molecular formula is C55H74O4. The molecule has 0 spiro atoms. The molecule has 0 aromatic heterocycles. The zero-order chi connectivity index (χ0) is 41.6. The quantitative estimate of drug-likeness (QED) is 0.0364. The highest BCUT2D eigenvalue weighted by atomic mass is 16.5. The van der Waals surface area contributed by atoms with Crippen molar-refractivity contribution in [3.63, 3.8) is 0 Å². The minimum absolute atomic E-state index is 0.521. The van der Waals surface area contributed by atoms with E-state index in [1.165, 1.54) is 96.3 Å². The first-order valence-electron chi connectivity index (χ1n) is 23.1. The Kier molecular flexibility index (Phi) is 23.5. The summed E-state index contributed by atoms with van der Waals surface area (Å²) in [5.74, 6) is 3.51. The number of hydrogen-bond donors (Lipinski definition) is 0. The molecule has 0 saturated heterocycles. The van der Waals surface area contributed by atoms with Crippen molar-refractivity contribution in [3.8, 4) is 23.0 Å². The molecule has 0 amide bonds. The number of rotatable bonds is 32. The highest BCUT2D eigenvalue weighted by Crippen LogP contribution is 2.33. The van der Waals surface area contributed by atoms with Crippen molar-refractivity contribution >= 4 is 30.4 Å². The van der Waals surface area contributed by atoms with Crippen LogP contribution in [0.5, 0.6) is 23.0 Å². The number of unbranched alkanes of at least 4 members (excludes halogenated alkanes) is 15. The Labute approximate surface area is 358 Å².